The molecule has 130 valence electrons. The molecule has 0 heterocycles. The average Bonchev–Trinajstić information content (AvgIpc) is 2.71. The maximum Gasteiger partial charge on any atom is 0.417 e. The lowest BCUT2D eigenvalue weighted by Crippen LogP contribution is -2.41. The predicted molar refractivity (Wildman–Crippen MR) is 79.2 cm³/mol. The number of aliphatic hydroxyl groups excluding tert-OH is 1. The Labute approximate surface area is 133 Å². The van der Waals surface area contributed by atoms with Crippen LogP contribution in [-0.2, 0) is 16.2 Å². The van der Waals surface area contributed by atoms with Crippen molar-refractivity contribution >= 4 is 10.0 Å². The van der Waals surface area contributed by atoms with Gasteiger partial charge in [-0.2, -0.15) is 13.2 Å². The zero-order valence-electron chi connectivity index (χ0n) is 12.5. The van der Waals surface area contributed by atoms with Crippen LogP contribution in [0.25, 0.3) is 0 Å². The summed E-state index contributed by atoms with van der Waals surface area (Å²) >= 11 is 0. The minimum atomic E-state index is -4.74. The number of aliphatic hydroxyl groups is 1. The van der Waals surface area contributed by atoms with Gasteiger partial charge in [-0.15, -0.1) is 0 Å². The van der Waals surface area contributed by atoms with Crippen molar-refractivity contribution in [3.05, 3.63) is 29.8 Å². The van der Waals surface area contributed by atoms with E-state index in [1.165, 1.54) is 6.07 Å². The van der Waals surface area contributed by atoms with E-state index < -0.39 is 32.7 Å². The minimum Gasteiger partial charge on any atom is -0.396 e. The topological polar surface area (TPSA) is 66.4 Å². The van der Waals surface area contributed by atoms with Crippen molar-refractivity contribution in [1.29, 1.82) is 0 Å². The molecule has 0 aromatic heterocycles. The SMILES string of the molecule is O=S(=O)(N[C@H]1CCCCC[C@@H]1CO)c1ccccc1C(F)(F)F. The van der Waals surface area contributed by atoms with E-state index in [0.717, 1.165) is 37.5 Å². The minimum absolute atomic E-state index is 0.186. The summed E-state index contributed by atoms with van der Waals surface area (Å²) in [7, 11) is -4.31. The summed E-state index contributed by atoms with van der Waals surface area (Å²) in [4.78, 5) is -0.770. The molecule has 2 atom stereocenters. The van der Waals surface area contributed by atoms with Gasteiger partial charge in [-0.05, 0) is 30.9 Å². The maximum atomic E-state index is 13.0. The highest BCUT2D eigenvalue weighted by Gasteiger charge is 2.38. The Balaban J connectivity index is 2.32. The Bertz CT molecular complexity index is 631. The van der Waals surface area contributed by atoms with Gasteiger partial charge in [0.1, 0.15) is 0 Å². The van der Waals surface area contributed by atoms with Crippen molar-refractivity contribution in [2.24, 2.45) is 5.92 Å². The molecule has 0 unspecified atom stereocenters. The van der Waals surface area contributed by atoms with Gasteiger partial charge < -0.3 is 5.11 Å². The second-order valence-corrected chi connectivity index (χ2v) is 7.48. The van der Waals surface area contributed by atoms with E-state index in [2.05, 4.69) is 4.72 Å². The maximum absolute atomic E-state index is 13.0. The third-order valence-corrected chi connectivity index (χ3v) is 5.73. The second-order valence-electron chi connectivity index (χ2n) is 5.80. The fourth-order valence-electron chi connectivity index (χ4n) is 2.96. The summed E-state index contributed by atoms with van der Waals surface area (Å²) in [5, 5.41) is 9.42. The smallest absolute Gasteiger partial charge is 0.396 e. The highest BCUT2D eigenvalue weighted by molar-refractivity contribution is 7.89. The molecule has 0 spiro atoms. The summed E-state index contributed by atoms with van der Waals surface area (Å²) in [6.07, 6.45) is -0.991. The number of rotatable bonds is 4. The Kier molecular flexibility index (Phi) is 5.70. The van der Waals surface area contributed by atoms with E-state index in [-0.39, 0.29) is 12.5 Å². The van der Waals surface area contributed by atoms with Gasteiger partial charge >= 0.3 is 6.18 Å². The van der Waals surface area contributed by atoms with Gasteiger partial charge in [-0.3, -0.25) is 0 Å². The quantitative estimate of drug-likeness (QED) is 0.820. The third-order valence-electron chi connectivity index (χ3n) is 4.18. The molecule has 0 aliphatic heterocycles. The number of halogens is 3. The monoisotopic (exact) mass is 351 g/mol. The van der Waals surface area contributed by atoms with Gasteiger partial charge in [-0.25, -0.2) is 13.1 Å². The Hall–Kier alpha value is -1.12. The van der Waals surface area contributed by atoms with Gasteiger partial charge in [0.15, 0.2) is 0 Å². The molecule has 1 aliphatic rings. The highest BCUT2D eigenvalue weighted by Crippen LogP contribution is 2.34. The van der Waals surface area contributed by atoms with Crippen LogP contribution in [0.5, 0.6) is 0 Å². The largest absolute Gasteiger partial charge is 0.417 e. The normalized spacial score (nSPS) is 23.5. The van der Waals surface area contributed by atoms with Crippen molar-refractivity contribution in [3.63, 3.8) is 0 Å². The van der Waals surface area contributed by atoms with Gasteiger partial charge in [0, 0.05) is 12.6 Å². The van der Waals surface area contributed by atoms with E-state index in [1.54, 1.807) is 0 Å². The van der Waals surface area contributed by atoms with E-state index in [0.29, 0.717) is 12.8 Å². The Morgan fingerprint density at radius 2 is 1.78 bits per heavy atom. The molecule has 1 saturated carbocycles. The molecule has 0 bridgehead atoms. The first-order valence-corrected chi connectivity index (χ1v) is 9.03. The molecule has 1 aliphatic carbocycles. The molecule has 2 rings (SSSR count). The molecular weight excluding hydrogens is 331 g/mol. The first-order valence-electron chi connectivity index (χ1n) is 7.55. The number of alkyl halides is 3. The van der Waals surface area contributed by atoms with Crippen molar-refractivity contribution < 1.29 is 26.7 Å². The zero-order chi connectivity index (χ0) is 17.1. The van der Waals surface area contributed by atoms with Crippen LogP contribution in [0.1, 0.15) is 37.7 Å². The lowest BCUT2D eigenvalue weighted by molar-refractivity contribution is -0.139. The molecule has 1 aromatic rings. The van der Waals surface area contributed by atoms with Crippen molar-refractivity contribution in [1.82, 2.24) is 4.72 Å². The first-order chi connectivity index (χ1) is 10.8. The molecule has 8 heteroatoms. The molecule has 0 amide bonds. The van der Waals surface area contributed by atoms with Crippen LogP contribution in [0.3, 0.4) is 0 Å². The van der Waals surface area contributed by atoms with Gasteiger partial charge in [0.25, 0.3) is 0 Å². The second kappa shape index (κ2) is 7.19. The van der Waals surface area contributed by atoms with Crippen LogP contribution < -0.4 is 4.72 Å². The molecule has 1 aromatic carbocycles. The number of sulfonamides is 1. The van der Waals surface area contributed by atoms with Crippen molar-refractivity contribution in [3.8, 4) is 0 Å². The summed E-state index contributed by atoms with van der Waals surface area (Å²) in [6.45, 7) is -0.186. The Morgan fingerprint density at radius 1 is 1.13 bits per heavy atom. The molecule has 1 fully saturated rings. The van der Waals surface area contributed by atoms with Crippen molar-refractivity contribution in [2.45, 2.75) is 49.2 Å². The van der Waals surface area contributed by atoms with Crippen LogP contribution in [0.15, 0.2) is 29.2 Å². The van der Waals surface area contributed by atoms with E-state index in [4.69, 9.17) is 0 Å². The fraction of sp³-hybridized carbons (Fsp3) is 0.600. The standard InChI is InChI=1S/C15H20F3NO3S/c16-15(17,18)12-7-4-5-9-14(12)23(21,22)19-13-8-3-1-2-6-11(13)10-20/h4-5,7,9,11,13,19-20H,1-3,6,8,10H2/t11-,13+/m1/s1. The molecule has 4 nitrogen and oxygen atoms in total. The van der Waals surface area contributed by atoms with Crippen LogP contribution in [0, 0.1) is 5.92 Å². The van der Waals surface area contributed by atoms with Crippen LogP contribution in [0.4, 0.5) is 13.2 Å². The molecule has 23 heavy (non-hydrogen) atoms. The van der Waals surface area contributed by atoms with Crippen molar-refractivity contribution in [2.75, 3.05) is 6.61 Å². The molecule has 0 saturated heterocycles. The number of nitrogens with one attached hydrogen (secondary N) is 1. The van der Waals surface area contributed by atoms with Gasteiger partial charge in [0.05, 0.1) is 10.5 Å². The molecule has 2 N–H and O–H groups in total. The number of hydrogen-bond donors (Lipinski definition) is 2. The third kappa shape index (κ3) is 4.45. The summed E-state index contributed by atoms with van der Waals surface area (Å²) in [5.41, 5.74) is -1.18. The van der Waals surface area contributed by atoms with Crippen LogP contribution in [0.2, 0.25) is 0 Å². The van der Waals surface area contributed by atoms with Gasteiger partial charge in [0.2, 0.25) is 10.0 Å². The predicted octanol–water partition coefficient (Wildman–Crippen LogP) is 2.92. The van der Waals surface area contributed by atoms with E-state index in [9.17, 15) is 26.7 Å². The van der Waals surface area contributed by atoms with Gasteiger partial charge in [-0.1, -0.05) is 31.4 Å². The lowest BCUT2D eigenvalue weighted by Gasteiger charge is -2.25. The van der Waals surface area contributed by atoms with E-state index in [1.807, 2.05) is 0 Å². The first kappa shape index (κ1) is 18.2. The lowest BCUT2D eigenvalue weighted by atomic mass is 9.97. The summed E-state index contributed by atoms with van der Waals surface area (Å²) in [6, 6.07) is 3.58. The van der Waals surface area contributed by atoms with E-state index >= 15 is 0 Å². The van der Waals surface area contributed by atoms with Crippen LogP contribution >= 0.6 is 0 Å². The summed E-state index contributed by atoms with van der Waals surface area (Å²) < 4.78 is 66.4. The number of benzene rings is 1. The summed E-state index contributed by atoms with van der Waals surface area (Å²) in [5.74, 6) is -0.273. The molecular formula is C15H20F3NO3S. The molecule has 0 radical (unpaired) electrons. The number of hydrogen-bond acceptors (Lipinski definition) is 3. The Morgan fingerprint density at radius 3 is 2.43 bits per heavy atom. The zero-order valence-corrected chi connectivity index (χ0v) is 13.3. The fourth-order valence-corrected chi connectivity index (χ4v) is 4.52. The van der Waals surface area contributed by atoms with Crippen LogP contribution in [-0.4, -0.2) is 26.2 Å². The average molecular weight is 351 g/mol. The highest BCUT2D eigenvalue weighted by atomic mass is 32.2.